The zero-order valence-electron chi connectivity index (χ0n) is 12.6. The molecule has 0 bridgehead atoms. The van der Waals surface area contributed by atoms with Gasteiger partial charge in [0.25, 0.3) is 0 Å². The first-order chi connectivity index (χ1) is 10.3. The van der Waals surface area contributed by atoms with Crippen molar-refractivity contribution in [3.8, 4) is 5.69 Å². The molecular formula is C16H23N5. The maximum atomic E-state index is 3.94. The third-order valence-electron chi connectivity index (χ3n) is 4.40. The molecule has 1 aromatic carbocycles. The number of hydrogen-bond acceptors (Lipinski definition) is 4. The van der Waals surface area contributed by atoms with Crippen LogP contribution in [0.3, 0.4) is 0 Å². The fourth-order valence-corrected chi connectivity index (χ4v) is 3.19. The molecule has 2 aromatic rings. The fourth-order valence-electron chi connectivity index (χ4n) is 3.19. The molecule has 0 radical (unpaired) electrons. The summed E-state index contributed by atoms with van der Waals surface area (Å²) in [5.41, 5.74) is 3.38. The summed E-state index contributed by atoms with van der Waals surface area (Å²) in [5, 5.41) is 14.8. The first-order valence-electron chi connectivity index (χ1n) is 7.91. The van der Waals surface area contributed by atoms with E-state index in [4.69, 9.17) is 0 Å². The van der Waals surface area contributed by atoms with Crippen molar-refractivity contribution in [1.29, 1.82) is 0 Å². The third kappa shape index (κ3) is 3.60. The van der Waals surface area contributed by atoms with Crippen LogP contribution in [-0.4, -0.2) is 26.8 Å². The maximum Gasteiger partial charge on any atom is 0.143 e. The van der Waals surface area contributed by atoms with Gasteiger partial charge in [-0.2, -0.15) is 0 Å². The molecule has 1 aliphatic rings. The SMILES string of the molecule is Cc1cc(NCCC2CCCCC2)ccc1-n1cnnn1. The predicted molar refractivity (Wildman–Crippen MR) is 83.6 cm³/mol. The highest BCUT2D eigenvalue weighted by molar-refractivity contribution is 5.53. The summed E-state index contributed by atoms with van der Waals surface area (Å²) < 4.78 is 1.70. The van der Waals surface area contributed by atoms with Crippen LogP contribution in [0.4, 0.5) is 5.69 Å². The molecule has 0 atom stereocenters. The van der Waals surface area contributed by atoms with Gasteiger partial charge >= 0.3 is 0 Å². The van der Waals surface area contributed by atoms with E-state index in [-0.39, 0.29) is 0 Å². The molecule has 5 heteroatoms. The van der Waals surface area contributed by atoms with Crippen molar-refractivity contribution in [2.24, 2.45) is 5.92 Å². The Kier molecular flexibility index (Phi) is 4.48. The number of anilines is 1. The van der Waals surface area contributed by atoms with Crippen LogP contribution < -0.4 is 5.32 Å². The average Bonchev–Trinajstić information content (AvgIpc) is 3.02. The molecule has 1 fully saturated rings. The van der Waals surface area contributed by atoms with E-state index < -0.39 is 0 Å². The van der Waals surface area contributed by atoms with Crippen LogP contribution in [0.5, 0.6) is 0 Å². The lowest BCUT2D eigenvalue weighted by Gasteiger charge is -2.21. The standard InChI is InChI=1S/C16H23N5/c1-13-11-15(7-8-16(13)21-12-18-19-20-21)17-10-9-14-5-3-2-4-6-14/h7-8,11-12,14,17H,2-6,9-10H2,1H3. The number of tetrazole rings is 1. The largest absolute Gasteiger partial charge is 0.385 e. The van der Waals surface area contributed by atoms with E-state index in [1.807, 2.05) is 0 Å². The second-order valence-corrected chi connectivity index (χ2v) is 5.98. The fraction of sp³-hybridized carbons (Fsp3) is 0.562. The van der Waals surface area contributed by atoms with Crippen LogP contribution in [0.25, 0.3) is 5.69 Å². The van der Waals surface area contributed by atoms with Gasteiger partial charge in [-0.05, 0) is 53.5 Å². The normalized spacial score (nSPS) is 16.0. The number of benzene rings is 1. The summed E-state index contributed by atoms with van der Waals surface area (Å²) in [5.74, 6) is 0.924. The van der Waals surface area contributed by atoms with Crippen LogP contribution in [-0.2, 0) is 0 Å². The van der Waals surface area contributed by atoms with Crippen LogP contribution in [0.15, 0.2) is 24.5 Å². The smallest absolute Gasteiger partial charge is 0.143 e. The number of nitrogens with zero attached hydrogens (tertiary/aromatic N) is 4. The van der Waals surface area contributed by atoms with Crippen LogP contribution in [0, 0.1) is 12.8 Å². The Morgan fingerprint density at radius 3 is 2.81 bits per heavy atom. The van der Waals surface area contributed by atoms with Gasteiger partial charge in [-0.25, -0.2) is 4.68 Å². The number of aromatic nitrogens is 4. The molecule has 5 nitrogen and oxygen atoms in total. The molecule has 1 aromatic heterocycles. The minimum absolute atomic E-state index is 0.924. The third-order valence-corrected chi connectivity index (χ3v) is 4.40. The molecular weight excluding hydrogens is 262 g/mol. The van der Waals surface area contributed by atoms with Crippen molar-refractivity contribution >= 4 is 5.69 Å². The molecule has 1 aliphatic carbocycles. The van der Waals surface area contributed by atoms with Gasteiger partial charge in [-0.15, -0.1) is 5.10 Å². The van der Waals surface area contributed by atoms with Crippen LogP contribution in [0.2, 0.25) is 0 Å². The lowest BCUT2D eigenvalue weighted by atomic mass is 9.87. The zero-order chi connectivity index (χ0) is 14.5. The summed E-state index contributed by atoms with van der Waals surface area (Å²) in [7, 11) is 0. The number of nitrogens with one attached hydrogen (secondary N) is 1. The number of aryl methyl sites for hydroxylation is 1. The van der Waals surface area contributed by atoms with Gasteiger partial charge in [0.2, 0.25) is 0 Å². The van der Waals surface area contributed by atoms with Gasteiger partial charge < -0.3 is 5.32 Å². The topological polar surface area (TPSA) is 55.6 Å². The highest BCUT2D eigenvalue weighted by Gasteiger charge is 2.12. The van der Waals surface area contributed by atoms with Gasteiger partial charge in [-0.1, -0.05) is 32.1 Å². The highest BCUT2D eigenvalue weighted by atomic mass is 15.5. The molecule has 1 saturated carbocycles. The monoisotopic (exact) mass is 285 g/mol. The second-order valence-electron chi connectivity index (χ2n) is 5.98. The van der Waals surface area contributed by atoms with Gasteiger partial charge in [0.1, 0.15) is 6.33 Å². The van der Waals surface area contributed by atoms with Crippen molar-refractivity contribution in [2.75, 3.05) is 11.9 Å². The van der Waals surface area contributed by atoms with E-state index in [9.17, 15) is 0 Å². The summed E-state index contributed by atoms with van der Waals surface area (Å²) in [6.45, 7) is 3.15. The molecule has 0 spiro atoms. The number of hydrogen-bond donors (Lipinski definition) is 1. The van der Waals surface area contributed by atoms with Crippen molar-refractivity contribution < 1.29 is 0 Å². The van der Waals surface area contributed by atoms with Crippen molar-refractivity contribution in [3.63, 3.8) is 0 Å². The minimum atomic E-state index is 0.924. The molecule has 0 unspecified atom stereocenters. The van der Waals surface area contributed by atoms with E-state index >= 15 is 0 Å². The Hall–Kier alpha value is -1.91. The van der Waals surface area contributed by atoms with E-state index in [0.717, 1.165) is 18.2 Å². The average molecular weight is 285 g/mol. The van der Waals surface area contributed by atoms with Gasteiger partial charge in [0.15, 0.2) is 0 Å². The van der Waals surface area contributed by atoms with Crippen molar-refractivity contribution in [3.05, 3.63) is 30.1 Å². The Balaban J connectivity index is 1.55. The molecule has 112 valence electrons. The van der Waals surface area contributed by atoms with Gasteiger partial charge in [0.05, 0.1) is 5.69 Å². The predicted octanol–water partition coefficient (Wildman–Crippen LogP) is 3.35. The molecule has 1 N–H and O–H groups in total. The van der Waals surface area contributed by atoms with Crippen molar-refractivity contribution in [1.82, 2.24) is 20.2 Å². The Morgan fingerprint density at radius 2 is 2.10 bits per heavy atom. The van der Waals surface area contributed by atoms with E-state index in [1.54, 1.807) is 11.0 Å². The highest BCUT2D eigenvalue weighted by Crippen LogP contribution is 2.26. The molecule has 0 aliphatic heterocycles. The van der Waals surface area contributed by atoms with E-state index in [0.29, 0.717) is 0 Å². The molecule has 1 heterocycles. The molecule has 0 saturated heterocycles. The summed E-state index contributed by atoms with van der Waals surface area (Å²) in [6.07, 6.45) is 10.0. The second kappa shape index (κ2) is 6.70. The Bertz CT molecular complexity index is 558. The van der Waals surface area contributed by atoms with E-state index in [2.05, 4.69) is 46.0 Å². The van der Waals surface area contributed by atoms with E-state index in [1.165, 1.54) is 49.8 Å². The maximum absolute atomic E-state index is 3.94. The van der Waals surface area contributed by atoms with Gasteiger partial charge in [0, 0.05) is 12.2 Å². The number of rotatable bonds is 5. The molecule has 0 amide bonds. The Morgan fingerprint density at radius 1 is 1.24 bits per heavy atom. The summed E-state index contributed by atoms with van der Waals surface area (Å²) in [4.78, 5) is 0. The van der Waals surface area contributed by atoms with Crippen LogP contribution >= 0.6 is 0 Å². The quantitative estimate of drug-likeness (QED) is 0.915. The lowest BCUT2D eigenvalue weighted by molar-refractivity contribution is 0.345. The molecule has 3 rings (SSSR count). The zero-order valence-corrected chi connectivity index (χ0v) is 12.6. The Labute approximate surface area is 125 Å². The van der Waals surface area contributed by atoms with Crippen molar-refractivity contribution in [2.45, 2.75) is 45.4 Å². The van der Waals surface area contributed by atoms with Gasteiger partial charge in [-0.3, -0.25) is 0 Å². The first kappa shape index (κ1) is 14.0. The minimum Gasteiger partial charge on any atom is -0.385 e. The summed E-state index contributed by atoms with van der Waals surface area (Å²) in [6, 6.07) is 6.33. The lowest BCUT2D eigenvalue weighted by Crippen LogP contribution is -2.12. The first-order valence-corrected chi connectivity index (χ1v) is 7.91. The summed E-state index contributed by atoms with van der Waals surface area (Å²) >= 11 is 0. The van der Waals surface area contributed by atoms with Crippen LogP contribution in [0.1, 0.15) is 44.1 Å². The molecule has 21 heavy (non-hydrogen) atoms.